The summed E-state index contributed by atoms with van der Waals surface area (Å²) in [4.78, 5) is 13.4. The summed E-state index contributed by atoms with van der Waals surface area (Å²) in [5.41, 5.74) is 8.71. The van der Waals surface area contributed by atoms with Crippen molar-refractivity contribution < 1.29 is 4.79 Å². The minimum atomic E-state index is -0.0606. The number of rotatable bonds is 4. The van der Waals surface area contributed by atoms with Crippen molar-refractivity contribution in [3.05, 3.63) is 129 Å². The van der Waals surface area contributed by atoms with Crippen LogP contribution in [0.5, 0.6) is 0 Å². The van der Waals surface area contributed by atoms with Crippen LogP contribution in [0.15, 0.2) is 91.0 Å². The van der Waals surface area contributed by atoms with E-state index in [0.29, 0.717) is 0 Å². The van der Waals surface area contributed by atoms with Crippen LogP contribution in [-0.4, -0.2) is 5.78 Å². The number of hydrogen-bond donors (Lipinski definition) is 0. The first kappa shape index (κ1) is 19.9. The molecule has 1 heteroatoms. The lowest BCUT2D eigenvalue weighted by Crippen LogP contribution is -2.37. The lowest BCUT2D eigenvalue weighted by Gasteiger charge is -2.21. The van der Waals surface area contributed by atoms with Gasteiger partial charge in [0.1, 0.15) is 0 Å². The molecule has 1 unspecified atom stereocenters. The Bertz CT molecular complexity index is 1460. The fourth-order valence-electron chi connectivity index (χ4n) is 5.36. The summed E-state index contributed by atoms with van der Waals surface area (Å²) < 4.78 is 0. The summed E-state index contributed by atoms with van der Waals surface area (Å²) >= 11 is 0. The smallest absolute Gasteiger partial charge is 0.169 e. The van der Waals surface area contributed by atoms with Crippen molar-refractivity contribution in [3.8, 4) is 11.1 Å². The molecule has 0 aromatic heterocycles. The van der Waals surface area contributed by atoms with Gasteiger partial charge in [0, 0.05) is 11.5 Å². The third-order valence-electron chi connectivity index (χ3n) is 7.13. The van der Waals surface area contributed by atoms with E-state index in [2.05, 4.69) is 84.9 Å². The molecule has 0 N–H and O–H groups in total. The van der Waals surface area contributed by atoms with Crippen LogP contribution in [0.1, 0.15) is 39.0 Å². The van der Waals surface area contributed by atoms with Crippen molar-refractivity contribution in [2.75, 3.05) is 0 Å². The van der Waals surface area contributed by atoms with Gasteiger partial charge < -0.3 is 0 Å². The standard InChI is InChI=1S/C32H26O/c33-32(26-12-10-23(11-13-26)20-22-6-2-1-3-7-22)27-15-14-25-17-18-29-28-9-5-4-8-24(28)16-19-30(29)31(25)21-27/h1-13,17-19,21,27H,14-16,20H2. The van der Waals surface area contributed by atoms with Crippen molar-refractivity contribution >= 4 is 17.9 Å². The largest absolute Gasteiger partial charge is 0.294 e. The number of fused-ring (bicyclic) bond motifs is 5. The third-order valence-corrected chi connectivity index (χ3v) is 7.13. The molecular weight excluding hydrogens is 400 g/mol. The van der Waals surface area contributed by atoms with Crippen LogP contribution < -0.4 is 10.4 Å². The highest BCUT2D eigenvalue weighted by molar-refractivity contribution is 6.01. The van der Waals surface area contributed by atoms with Gasteiger partial charge in [0.25, 0.3) is 0 Å². The van der Waals surface area contributed by atoms with Crippen molar-refractivity contribution in [2.24, 2.45) is 5.92 Å². The van der Waals surface area contributed by atoms with E-state index >= 15 is 0 Å². The van der Waals surface area contributed by atoms with Crippen molar-refractivity contribution in [1.29, 1.82) is 0 Å². The minimum Gasteiger partial charge on any atom is -0.294 e. The summed E-state index contributed by atoms with van der Waals surface area (Å²) in [5.74, 6) is 0.176. The molecule has 1 atom stereocenters. The van der Waals surface area contributed by atoms with Gasteiger partial charge >= 0.3 is 0 Å². The predicted octanol–water partition coefficient (Wildman–Crippen LogP) is 5.51. The average Bonchev–Trinajstić information content (AvgIpc) is 2.88. The Morgan fingerprint density at radius 1 is 0.697 bits per heavy atom. The molecule has 0 heterocycles. The molecule has 0 saturated carbocycles. The lowest BCUT2D eigenvalue weighted by atomic mass is 9.82. The van der Waals surface area contributed by atoms with E-state index in [-0.39, 0.29) is 11.7 Å². The first-order valence-corrected chi connectivity index (χ1v) is 11.9. The van der Waals surface area contributed by atoms with E-state index in [1.807, 2.05) is 18.2 Å². The van der Waals surface area contributed by atoms with Gasteiger partial charge in [0.05, 0.1) is 0 Å². The van der Waals surface area contributed by atoms with Crippen molar-refractivity contribution in [2.45, 2.75) is 25.7 Å². The van der Waals surface area contributed by atoms with E-state index in [9.17, 15) is 4.79 Å². The Labute approximate surface area is 194 Å². The zero-order chi connectivity index (χ0) is 22.2. The highest BCUT2D eigenvalue weighted by Crippen LogP contribution is 2.26. The highest BCUT2D eigenvalue weighted by atomic mass is 16.1. The highest BCUT2D eigenvalue weighted by Gasteiger charge is 2.23. The quantitative estimate of drug-likeness (QED) is 0.394. The number of aryl methyl sites for hydroxylation is 1. The van der Waals surface area contributed by atoms with Crippen LogP contribution in [0.25, 0.3) is 23.3 Å². The Balaban J connectivity index is 1.31. The van der Waals surface area contributed by atoms with E-state index in [4.69, 9.17) is 0 Å². The maximum atomic E-state index is 13.4. The van der Waals surface area contributed by atoms with Crippen molar-refractivity contribution in [3.63, 3.8) is 0 Å². The topological polar surface area (TPSA) is 17.1 Å². The Morgan fingerprint density at radius 3 is 2.30 bits per heavy atom. The number of Topliss-reactive ketones (excluding diaryl/α,β-unsaturated/α-hetero) is 1. The Morgan fingerprint density at radius 2 is 1.45 bits per heavy atom. The summed E-state index contributed by atoms with van der Waals surface area (Å²) in [6, 6.07) is 31.9. The zero-order valence-corrected chi connectivity index (χ0v) is 18.6. The first-order valence-electron chi connectivity index (χ1n) is 11.9. The predicted molar refractivity (Wildman–Crippen MR) is 136 cm³/mol. The maximum Gasteiger partial charge on any atom is 0.169 e. The second-order valence-corrected chi connectivity index (χ2v) is 9.20. The van der Waals surface area contributed by atoms with Crippen LogP contribution in [0, 0.1) is 5.92 Å². The average molecular weight is 427 g/mol. The number of carbonyl (C=O) groups is 1. The van der Waals surface area contributed by atoms with E-state index < -0.39 is 0 Å². The van der Waals surface area contributed by atoms with Crippen LogP contribution in [0.2, 0.25) is 0 Å². The first-order chi connectivity index (χ1) is 16.3. The van der Waals surface area contributed by atoms with Gasteiger partial charge in [0.2, 0.25) is 0 Å². The van der Waals surface area contributed by atoms with Crippen LogP contribution in [0.4, 0.5) is 0 Å². The zero-order valence-electron chi connectivity index (χ0n) is 18.6. The molecule has 0 spiro atoms. The van der Waals surface area contributed by atoms with Gasteiger partial charge in [-0.2, -0.15) is 0 Å². The number of hydrogen-bond acceptors (Lipinski definition) is 1. The van der Waals surface area contributed by atoms with Gasteiger partial charge in [-0.15, -0.1) is 0 Å². The molecule has 4 aromatic carbocycles. The molecule has 0 amide bonds. The SMILES string of the molecule is O=C(c1ccc(Cc2ccccc2)cc1)C1C=c2c(ccc3c2=CCc2ccccc2-3)CC1. The van der Waals surface area contributed by atoms with Crippen molar-refractivity contribution in [1.82, 2.24) is 0 Å². The van der Waals surface area contributed by atoms with Crippen LogP contribution >= 0.6 is 0 Å². The monoisotopic (exact) mass is 426 g/mol. The normalized spacial score (nSPS) is 15.9. The summed E-state index contributed by atoms with van der Waals surface area (Å²) in [6.07, 6.45) is 8.27. The second-order valence-electron chi connectivity index (χ2n) is 9.20. The fraction of sp³-hybridized carbons (Fsp3) is 0.156. The summed E-state index contributed by atoms with van der Waals surface area (Å²) in [7, 11) is 0. The van der Waals surface area contributed by atoms with E-state index in [1.165, 1.54) is 43.8 Å². The number of carbonyl (C=O) groups excluding carboxylic acids is 1. The molecule has 0 aliphatic heterocycles. The van der Waals surface area contributed by atoms with Gasteiger partial charge in [-0.1, -0.05) is 103 Å². The Kier molecular flexibility index (Phi) is 5.03. The molecule has 0 bridgehead atoms. The molecule has 0 radical (unpaired) electrons. The van der Waals surface area contributed by atoms with Crippen LogP contribution in [-0.2, 0) is 19.3 Å². The lowest BCUT2D eigenvalue weighted by molar-refractivity contribution is 0.0947. The van der Waals surface area contributed by atoms with Gasteiger partial charge in [-0.05, 0) is 69.5 Å². The van der Waals surface area contributed by atoms with E-state index in [1.54, 1.807) is 0 Å². The number of benzene rings is 4. The number of ketones is 1. The molecule has 33 heavy (non-hydrogen) atoms. The van der Waals surface area contributed by atoms with Crippen LogP contribution in [0.3, 0.4) is 0 Å². The molecular formula is C32H26O. The second kappa shape index (κ2) is 8.33. The maximum absolute atomic E-state index is 13.4. The molecule has 2 aliphatic rings. The fourth-order valence-corrected chi connectivity index (χ4v) is 5.36. The molecule has 0 fully saturated rings. The molecule has 160 valence electrons. The van der Waals surface area contributed by atoms with E-state index in [0.717, 1.165) is 31.2 Å². The molecule has 0 saturated heterocycles. The molecule has 2 aliphatic carbocycles. The minimum absolute atomic E-state index is 0.0606. The molecule has 4 aromatic rings. The third kappa shape index (κ3) is 3.74. The molecule has 1 nitrogen and oxygen atoms in total. The van der Waals surface area contributed by atoms with Gasteiger partial charge in [-0.25, -0.2) is 0 Å². The van der Waals surface area contributed by atoms with Gasteiger partial charge in [-0.3, -0.25) is 4.79 Å². The Hall–Kier alpha value is -3.71. The van der Waals surface area contributed by atoms with Gasteiger partial charge in [0.15, 0.2) is 5.78 Å². The molecule has 6 rings (SSSR count). The summed E-state index contributed by atoms with van der Waals surface area (Å²) in [6.45, 7) is 0. The summed E-state index contributed by atoms with van der Waals surface area (Å²) in [5, 5.41) is 2.58.